The second kappa shape index (κ2) is 8.04. The number of Topliss-reactive ketones (excluding diaryl/α,β-unsaturated/α-hetero) is 1. The molecular weight excluding hydrogens is 332 g/mol. The summed E-state index contributed by atoms with van der Waals surface area (Å²) < 4.78 is 16.3. The number of esters is 1. The van der Waals surface area contributed by atoms with E-state index in [9.17, 15) is 9.59 Å². The van der Waals surface area contributed by atoms with Crippen molar-refractivity contribution >= 4 is 11.8 Å². The third-order valence-electron chi connectivity index (χ3n) is 4.38. The van der Waals surface area contributed by atoms with Crippen LogP contribution in [0.15, 0.2) is 42.5 Å². The fourth-order valence-corrected chi connectivity index (χ4v) is 2.85. The van der Waals surface area contributed by atoms with Crippen molar-refractivity contribution in [2.45, 2.75) is 32.8 Å². The zero-order valence-corrected chi connectivity index (χ0v) is 15.0. The van der Waals surface area contributed by atoms with Crippen molar-refractivity contribution < 1.29 is 23.8 Å². The van der Waals surface area contributed by atoms with Gasteiger partial charge in [0.25, 0.3) is 0 Å². The van der Waals surface area contributed by atoms with Crippen LogP contribution in [0, 0.1) is 0 Å². The summed E-state index contributed by atoms with van der Waals surface area (Å²) in [7, 11) is 0. The van der Waals surface area contributed by atoms with Crippen LogP contribution in [0.3, 0.4) is 0 Å². The van der Waals surface area contributed by atoms with Gasteiger partial charge in [-0.15, -0.1) is 0 Å². The van der Waals surface area contributed by atoms with Gasteiger partial charge in [-0.25, -0.2) is 4.79 Å². The molecule has 1 heterocycles. The molecule has 3 rings (SSSR count). The summed E-state index contributed by atoms with van der Waals surface area (Å²) in [4.78, 5) is 24.8. The van der Waals surface area contributed by atoms with E-state index in [2.05, 4.69) is 0 Å². The summed E-state index contributed by atoms with van der Waals surface area (Å²) in [5.74, 6) is 0.285. The van der Waals surface area contributed by atoms with Gasteiger partial charge < -0.3 is 14.2 Å². The van der Waals surface area contributed by atoms with Crippen molar-refractivity contribution in [2.24, 2.45) is 0 Å². The SMILES string of the molecule is CCc1ccc(CC)c(C(=O)COC(=O)[C@H]2COc3ccccc3O2)c1. The average molecular weight is 354 g/mol. The lowest BCUT2D eigenvalue weighted by Gasteiger charge is -2.24. The molecule has 1 aliphatic heterocycles. The summed E-state index contributed by atoms with van der Waals surface area (Å²) in [5, 5.41) is 0. The summed E-state index contributed by atoms with van der Waals surface area (Å²) in [5.41, 5.74) is 2.65. The number of fused-ring (bicyclic) bond motifs is 1. The second-order valence-corrected chi connectivity index (χ2v) is 6.09. The molecule has 2 aromatic carbocycles. The smallest absolute Gasteiger partial charge is 0.351 e. The Hall–Kier alpha value is -2.82. The predicted octanol–water partition coefficient (Wildman–Crippen LogP) is 3.38. The first-order valence-corrected chi connectivity index (χ1v) is 8.82. The van der Waals surface area contributed by atoms with E-state index in [1.54, 1.807) is 18.2 Å². The molecule has 1 atom stereocenters. The Bertz CT molecular complexity index is 812. The first-order valence-electron chi connectivity index (χ1n) is 8.82. The number of carbonyl (C=O) groups excluding carboxylic acids is 2. The van der Waals surface area contributed by atoms with E-state index in [-0.39, 0.29) is 19.0 Å². The molecule has 1 aliphatic rings. The van der Waals surface area contributed by atoms with Crippen LogP contribution in [0.2, 0.25) is 0 Å². The predicted molar refractivity (Wildman–Crippen MR) is 96.8 cm³/mol. The van der Waals surface area contributed by atoms with Crippen LogP contribution in [-0.4, -0.2) is 31.1 Å². The highest BCUT2D eigenvalue weighted by molar-refractivity contribution is 5.99. The van der Waals surface area contributed by atoms with Crippen LogP contribution in [0.4, 0.5) is 0 Å². The molecule has 0 unspecified atom stereocenters. The fourth-order valence-electron chi connectivity index (χ4n) is 2.85. The lowest BCUT2D eigenvalue weighted by molar-refractivity contribution is -0.153. The van der Waals surface area contributed by atoms with Gasteiger partial charge in [-0.2, -0.15) is 0 Å². The van der Waals surface area contributed by atoms with Crippen molar-refractivity contribution in [3.8, 4) is 11.5 Å². The lowest BCUT2D eigenvalue weighted by atomic mass is 9.98. The number of aryl methyl sites for hydroxylation is 2. The Morgan fingerprint density at radius 1 is 1.08 bits per heavy atom. The first-order chi connectivity index (χ1) is 12.6. The minimum Gasteiger partial charge on any atom is -0.485 e. The molecule has 0 fully saturated rings. The standard InChI is InChI=1S/C21H22O5/c1-3-14-9-10-15(4-2)16(11-14)17(22)12-25-21(23)20-13-24-18-7-5-6-8-19(18)26-20/h5-11,20H,3-4,12-13H2,1-2H3/t20-/m1/s1. The van der Waals surface area contributed by atoms with Gasteiger partial charge in [0.2, 0.25) is 11.9 Å². The van der Waals surface area contributed by atoms with Crippen LogP contribution in [0.5, 0.6) is 11.5 Å². The van der Waals surface area contributed by atoms with Crippen LogP contribution >= 0.6 is 0 Å². The van der Waals surface area contributed by atoms with Crippen molar-refractivity contribution in [3.63, 3.8) is 0 Å². The van der Waals surface area contributed by atoms with E-state index in [0.717, 1.165) is 24.0 Å². The molecule has 0 amide bonds. The van der Waals surface area contributed by atoms with Crippen LogP contribution < -0.4 is 9.47 Å². The van der Waals surface area contributed by atoms with Crippen molar-refractivity contribution in [3.05, 3.63) is 59.2 Å². The van der Waals surface area contributed by atoms with Crippen LogP contribution in [0.1, 0.15) is 35.3 Å². The van der Waals surface area contributed by atoms with E-state index in [4.69, 9.17) is 14.2 Å². The zero-order valence-electron chi connectivity index (χ0n) is 15.0. The quantitative estimate of drug-likeness (QED) is 0.588. The summed E-state index contributed by atoms with van der Waals surface area (Å²) in [6, 6.07) is 13.0. The number of carbonyl (C=O) groups is 2. The van der Waals surface area contributed by atoms with Crippen LogP contribution in [-0.2, 0) is 22.4 Å². The van der Waals surface area contributed by atoms with E-state index in [1.807, 2.05) is 38.1 Å². The normalized spacial score (nSPS) is 15.4. The molecule has 0 radical (unpaired) electrons. The number of hydrogen-bond acceptors (Lipinski definition) is 5. The average Bonchev–Trinajstić information content (AvgIpc) is 2.70. The van der Waals surface area contributed by atoms with E-state index in [0.29, 0.717) is 17.1 Å². The van der Waals surface area contributed by atoms with Crippen molar-refractivity contribution in [2.75, 3.05) is 13.2 Å². The number of hydrogen-bond donors (Lipinski definition) is 0. The summed E-state index contributed by atoms with van der Waals surface area (Å²) >= 11 is 0. The topological polar surface area (TPSA) is 61.8 Å². The van der Waals surface area contributed by atoms with E-state index in [1.165, 1.54) is 0 Å². The molecule has 0 saturated carbocycles. The number of benzene rings is 2. The third-order valence-corrected chi connectivity index (χ3v) is 4.38. The molecule has 0 N–H and O–H groups in total. The maximum Gasteiger partial charge on any atom is 0.351 e. The van der Waals surface area contributed by atoms with Gasteiger partial charge in [-0.1, -0.05) is 38.1 Å². The zero-order chi connectivity index (χ0) is 18.5. The molecule has 0 aromatic heterocycles. The molecule has 5 heteroatoms. The lowest BCUT2D eigenvalue weighted by Crippen LogP contribution is -2.38. The van der Waals surface area contributed by atoms with Crippen molar-refractivity contribution in [1.29, 1.82) is 0 Å². The Kier molecular flexibility index (Phi) is 5.56. The Balaban J connectivity index is 1.62. The summed E-state index contributed by atoms with van der Waals surface area (Å²) in [6.45, 7) is 3.79. The minimum absolute atomic E-state index is 0.0650. The molecule has 0 bridgehead atoms. The molecular formula is C21H22O5. The van der Waals surface area contributed by atoms with Gasteiger partial charge in [0.1, 0.15) is 6.61 Å². The molecule has 5 nitrogen and oxygen atoms in total. The summed E-state index contributed by atoms with van der Waals surface area (Å²) in [6.07, 6.45) is 0.719. The fraction of sp³-hybridized carbons (Fsp3) is 0.333. The van der Waals surface area contributed by atoms with Crippen LogP contribution in [0.25, 0.3) is 0 Å². The molecule has 2 aromatic rings. The minimum atomic E-state index is -0.870. The van der Waals surface area contributed by atoms with Gasteiger partial charge in [-0.05, 0) is 42.2 Å². The monoisotopic (exact) mass is 354 g/mol. The van der Waals surface area contributed by atoms with Gasteiger partial charge in [0, 0.05) is 5.56 Å². The van der Waals surface area contributed by atoms with Gasteiger partial charge in [-0.3, -0.25) is 4.79 Å². The number of rotatable bonds is 6. The first kappa shape index (κ1) is 18.0. The molecule has 26 heavy (non-hydrogen) atoms. The van der Waals surface area contributed by atoms with Gasteiger partial charge >= 0.3 is 5.97 Å². The highest BCUT2D eigenvalue weighted by Crippen LogP contribution is 2.31. The number of ketones is 1. The molecule has 136 valence electrons. The second-order valence-electron chi connectivity index (χ2n) is 6.09. The van der Waals surface area contributed by atoms with Gasteiger partial charge in [0.05, 0.1) is 0 Å². The molecule has 0 saturated heterocycles. The van der Waals surface area contributed by atoms with E-state index >= 15 is 0 Å². The van der Waals surface area contributed by atoms with Gasteiger partial charge in [0.15, 0.2) is 18.1 Å². The molecule has 0 spiro atoms. The third kappa shape index (κ3) is 3.87. The number of ether oxygens (including phenoxy) is 3. The maximum atomic E-state index is 12.5. The number of para-hydroxylation sites is 2. The van der Waals surface area contributed by atoms with E-state index < -0.39 is 12.1 Å². The Labute approximate surface area is 152 Å². The Morgan fingerprint density at radius 2 is 1.85 bits per heavy atom. The largest absolute Gasteiger partial charge is 0.485 e. The maximum absolute atomic E-state index is 12.5. The molecule has 0 aliphatic carbocycles. The van der Waals surface area contributed by atoms with Crippen molar-refractivity contribution in [1.82, 2.24) is 0 Å². The Morgan fingerprint density at radius 3 is 2.58 bits per heavy atom. The highest BCUT2D eigenvalue weighted by Gasteiger charge is 2.29. The highest BCUT2D eigenvalue weighted by atomic mass is 16.6.